The number of carbonyl (C=O) groups excluding carboxylic acids is 2. The van der Waals surface area contributed by atoms with Crippen LogP contribution < -0.4 is 20.5 Å². The van der Waals surface area contributed by atoms with Crippen LogP contribution in [0.2, 0.25) is 0 Å². The highest BCUT2D eigenvalue weighted by atomic mass is 16.7. The van der Waals surface area contributed by atoms with E-state index in [-0.39, 0.29) is 30.7 Å². The minimum absolute atomic E-state index is 0.0594. The number of hydrogen-bond acceptors (Lipinski definition) is 10. The molecule has 1 aromatic carbocycles. The standard InChI is InChI=1S/C26H38N4O9/c1-12(2)20-17(25(30-29-20)39-26-23(35)22(34)21(33)18(11-31)38-26)10-15-5-6-16(9-13(15)3)37-8-7-19(32)28-14(4)24(27)36/h5-6,9,12,14,18,21-23,26,31,33-35H,7-8,10-11H2,1-4H3,(H2,27,36)(H,28,32)(H,29,30)/t14-,18+,21+,22-,23+,26-/m0/s1. The molecule has 0 unspecified atom stereocenters. The number of amides is 2. The van der Waals surface area contributed by atoms with E-state index in [1.54, 1.807) is 6.07 Å². The quantitative estimate of drug-likeness (QED) is 0.178. The van der Waals surface area contributed by atoms with Gasteiger partial charge in [0.05, 0.1) is 19.6 Å². The first-order valence-electron chi connectivity index (χ1n) is 12.8. The van der Waals surface area contributed by atoms with Crippen molar-refractivity contribution in [3.63, 3.8) is 0 Å². The molecule has 0 bridgehead atoms. The minimum Gasteiger partial charge on any atom is -0.493 e. The Morgan fingerprint density at radius 3 is 2.51 bits per heavy atom. The van der Waals surface area contributed by atoms with E-state index in [0.29, 0.717) is 12.2 Å². The van der Waals surface area contributed by atoms with Gasteiger partial charge in [0.15, 0.2) is 0 Å². The summed E-state index contributed by atoms with van der Waals surface area (Å²) in [5, 5.41) is 49.7. The van der Waals surface area contributed by atoms with Gasteiger partial charge in [-0.25, -0.2) is 0 Å². The second kappa shape index (κ2) is 13.2. The average molecular weight is 551 g/mol. The number of nitrogens with zero attached hydrogens (tertiary/aromatic N) is 1. The van der Waals surface area contributed by atoms with E-state index in [1.165, 1.54) is 6.92 Å². The zero-order valence-electron chi connectivity index (χ0n) is 22.5. The number of rotatable bonds is 12. The Kier molecular flexibility index (Phi) is 10.3. The van der Waals surface area contributed by atoms with Gasteiger partial charge < -0.3 is 45.7 Å². The number of aryl methyl sites for hydroxylation is 1. The molecule has 3 rings (SSSR count). The van der Waals surface area contributed by atoms with Crippen LogP contribution in [0.15, 0.2) is 18.2 Å². The monoisotopic (exact) mass is 550 g/mol. The van der Waals surface area contributed by atoms with Gasteiger partial charge in [0, 0.05) is 17.7 Å². The molecule has 2 aromatic rings. The van der Waals surface area contributed by atoms with Crippen molar-refractivity contribution < 1.29 is 44.2 Å². The topological polar surface area (TPSA) is 209 Å². The van der Waals surface area contributed by atoms with Gasteiger partial charge in [-0.15, -0.1) is 5.10 Å². The molecule has 13 nitrogen and oxygen atoms in total. The number of H-pyrrole nitrogens is 1. The average Bonchev–Trinajstić information content (AvgIpc) is 3.28. The minimum atomic E-state index is -1.57. The van der Waals surface area contributed by atoms with E-state index in [0.717, 1.165) is 22.4 Å². The molecule has 2 amide bonds. The lowest BCUT2D eigenvalue weighted by molar-refractivity contribution is -0.278. The summed E-state index contributed by atoms with van der Waals surface area (Å²) in [5.74, 6) is -0.163. The smallest absolute Gasteiger partial charge is 0.239 e. The number of benzene rings is 1. The van der Waals surface area contributed by atoms with Crippen LogP contribution in [0.1, 0.15) is 55.5 Å². The SMILES string of the molecule is Cc1cc(OCCC(=O)N[C@@H](C)C(N)=O)ccc1Cc1c(O[C@@H]2O[C@H](CO)[C@@H](O)[C@H](O)[C@H]2O)n[nH]c1C(C)C. The Balaban J connectivity index is 1.70. The Bertz CT molecular complexity index is 1140. The molecule has 0 saturated carbocycles. The Labute approximate surface area is 226 Å². The first-order valence-corrected chi connectivity index (χ1v) is 12.8. The number of nitrogens with one attached hydrogen (secondary N) is 2. The maximum absolute atomic E-state index is 11.9. The molecule has 216 valence electrons. The molecule has 8 N–H and O–H groups in total. The van der Waals surface area contributed by atoms with Gasteiger partial charge in [0.1, 0.15) is 36.2 Å². The molecule has 6 atom stereocenters. The van der Waals surface area contributed by atoms with Crippen LogP contribution in [0.25, 0.3) is 0 Å². The predicted octanol–water partition coefficient (Wildman–Crippen LogP) is -0.630. The number of primary amides is 1. The molecular weight excluding hydrogens is 512 g/mol. The van der Waals surface area contributed by atoms with Gasteiger partial charge in [-0.3, -0.25) is 14.7 Å². The normalized spacial score (nSPS) is 23.9. The lowest BCUT2D eigenvalue weighted by Gasteiger charge is -2.39. The number of hydrogen-bond donors (Lipinski definition) is 7. The molecule has 1 fully saturated rings. The fourth-order valence-corrected chi connectivity index (χ4v) is 4.18. The van der Waals surface area contributed by atoms with Crippen molar-refractivity contribution >= 4 is 11.8 Å². The van der Waals surface area contributed by atoms with E-state index in [2.05, 4.69) is 15.5 Å². The predicted molar refractivity (Wildman–Crippen MR) is 138 cm³/mol. The highest BCUT2D eigenvalue weighted by Gasteiger charge is 2.45. The largest absolute Gasteiger partial charge is 0.493 e. The number of ether oxygens (including phenoxy) is 3. The number of aliphatic hydroxyl groups excluding tert-OH is 4. The second-order valence-corrected chi connectivity index (χ2v) is 9.95. The molecule has 0 aliphatic carbocycles. The van der Waals surface area contributed by atoms with Crippen molar-refractivity contribution in [3.8, 4) is 11.6 Å². The number of nitrogens with two attached hydrogens (primary N) is 1. The van der Waals surface area contributed by atoms with Gasteiger partial charge in [-0.1, -0.05) is 19.9 Å². The van der Waals surface area contributed by atoms with Crippen LogP contribution in [-0.4, -0.2) is 92.4 Å². The second-order valence-electron chi connectivity index (χ2n) is 9.95. The summed E-state index contributed by atoms with van der Waals surface area (Å²) in [6.07, 6.45) is -6.61. The Morgan fingerprint density at radius 2 is 1.90 bits per heavy atom. The molecule has 39 heavy (non-hydrogen) atoms. The third kappa shape index (κ3) is 7.46. The fraction of sp³-hybridized carbons (Fsp3) is 0.577. The third-order valence-corrected chi connectivity index (χ3v) is 6.60. The van der Waals surface area contributed by atoms with Crippen LogP contribution in [0.5, 0.6) is 11.6 Å². The van der Waals surface area contributed by atoms with Crippen LogP contribution in [0.4, 0.5) is 0 Å². The summed E-state index contributed by atoms with van der Waals surface area (Å²) in [4.78, 5) is 23.0. The molecule has 1 aromatic heterocycles. The molecular formula is C26H38N4O9. The van der Waals surface area contributed by atoms with Crippen molar-refractivity contribution in [2.24, 2.45) is 5.73 Å². The highest BCUT2D eigenvalue weighted by Crippen LogP contribution is 2.32. The zero-order chi connectivity index (χ0) is 28.9. The first kappa shape index (κ1) is 30.3. The van der Waals surface area contributed by atoms with Gasteiger partial charge in [-0.2, -0.15) is 0 Å². The lowest BCUT2D eigenvalue weighted by Crippen LogP contribution is -2.60. The lowest BCUT2D eigenvalue weighted by atomic mass is 9.96. The van der Waals surface area contributed by atoms with Crippen molar-refractivity contribution in [3.05, 3.63) is 40.6 Å². The van der Waals surface area contributed by atoms with Gasteiger partial charge in [-0.05, 0) is 43.0 Å². The summed E-state index contributed by atoms with van der Waals surface area (Å²) >= 11 is 0. The molecule has 2 heterocycles. The maximum atomic E-state index is 11.9. The summed E-state index contributed by atoms with van der Waals surface area (Å²) in [5.41, 5.74) is 8.53. The zero-order valence-corrected chi connectivity index (χ0v) is 22.5. The fourth-order valence-electron chi connectivity index (χ4n) is 4.18. The van der Waals surface area contributed by atoms with Gasteiger partial charge in [0.25, 0.3) is 0 Å². The van der Waals surface area contributed by atoms with E-state index < -0.39 is 49.3 Å². The first-order chi connectivity index (χ1) is 18.4. The molecule has 1 aliphatic heterocycles. The molecule has 13 heteroatoms. The highest BCUT2D eigenvalue weighted by molar-refractivity contribution is 5.86. The number of carbonyl (C=O) groups is 2. The van der Waals surface area contributed by atoms with E-state index >= 15 is 0 Å². The molecule has 0 spiro atoms. The summed E-state index contributed by atoms with van der Waals surface area (Å²) in [7, 11) is 0. The van der Waals surface area contributed by atoms with Crippen molar-refractivity contribution in [1.82, 2.24) is 15.5 Å². The van der Waals surface area contributed by atoms with Crippen LogP contribution >= 0.6 is 0 Å². The van der Waals surface area contributed by atoms with Crippen molar-refractivity contribution in [2.75, 3.05) is 13.2 Å². The molecule has 0 radical (unpaired) electrons. The summed E-state index contributed by atoms with van der Waals surface area (Å²) in [6.45, 7) is 6.94. The maximum Gasteiger partial charge on any atom is 0.239 e. The van der Waals surface area contributed by atoms with Gasteiger partial charge >= 0.3 is 0 Å². The van der Waals surface area contributed by atoms with Crippen LogP contribution in [-0.2, 0) is 20.7 Å². The molecule has 1 saturated heterocycles. The van der Waals surface area contributed by atoms with E-state index in [1.807, 2.05) is 32.9 Å². The van der Waals surface area contributed by atoms with E-state index in [4.69, 9.17) is 19.9 Å². The Hall–Kier alpha value is -3.23. The Morgan fingerprint density at radius 1 is 1.18 bits per heavy atom. The van der Waals surface area contributed by atoms with Crippen LogP contribution in [0, 0.1) is 6.92 Å². The number of aromatic amines is 1. The van der Waals surface area contributed by atoms with E-state index in [9.17, 15) is 30.0 Å². The van der Waals surface area contributed by atoms with Crippen molar-refractivity contribution in [1.29, 1.82) is 0 Å². The molecule has 1 aliphatic rings. The third-order valence-electron chi connectivity index (χ3n) is 6.60. The van der Waals surface area contributed by atoms with Crippen LogP contribution in [0.3, 0.4) is 0 Å². The summed E-state index contributed by atoms with van der Waals surface area (Å²) in [6, 6.07) is 4.74. The van der Waals surface area contributed by atoms with Crippen molar-refractivity contribution in [2.45, 2.75) is 83.2 Å². The number of aliphatic hydroxyl groups is 4. The number of aromatic nitrogens is 2. The summed E-state index contributed by atoms with van der Waals surface area (Å²) < 4.78 is 17.0. The van der Waals surface area contributed by atoms with Gasteiger partial charge in [0.2, 0.25) is 24.0 Å².